The molecule has 0 saturated heterocycles. The van der Waals surface area contributed by atoms with E-state index in [0.717, 1.165) is 19.4 Å². The molecule has 0 aromatic rings. The molecule has 0 atom stereocenters. The highest BCUT2D eigenvalue weighted by Crippen LogP contribution is 2.01. The fourth-order valence-electron chi connectivity index (χ4n) is 1.47. The fraction of sp³-hybridized carbons (Fsp3) is 0.909. The summed E-state index contributed by atoms with van der Waals surface area (Å²) in [5.74, 6) is 0.0723. The van der Waals surface area contributed by atoms with Crippen LogP contribution >= 0.6 is 0 Å². The Labute approximate surface area is 92.7 Å². The zero-order valence-electron chi connectivity index (χ0n) is 9.96. The smallest absolute Gasteiger partial charge is 0.236 e. The van der Waals surface area contributed by atoms with Gasteiger partial charge >= 0.3 is 0 Å². The van der Waals surface area contributed by atoms with Crippen molar-refractivity contribution >= 4 is 5.91 Å². The van der Waals surface area contributed by atoms with Crippen molar-refractivity contribution in [1.82, 2.24) is 10.2 Å². The number of amides is 1. The van der Waals surface area contributed by atoms with Crippen molar-refractivity contribution in [1.29, 1.82) is 0 Å². The lowest BCUT2D eigenvalue weighted by Crippen LogP contribution is -2.39. The van der Waals surface area contributed by atoms with Crippen molar-refractivity contribution in [3.63, 3.8) is 0 Å². The fourth-order valence-corrected chi connectivity index (χ4v) is 1.47. The second kappa shape index (κ2) is 9.93. The summed E-state index contributed by atoms with van der Waals surface area (Å²) >= 11 is 0. The van der Waals surface area contributed by atoms with E-state index in [1.54, 1.807) is 11.9 Å². The van der Waals surface area contributed by atoms with Crippen molar-refractivity contribution in [2.45, 2.75) is 32.6 Å². The molecule has 0 aromatic heterocycles. The second-order valence-corrected chi connectivity index (χ2v) is 3.70. The minimum atomic E-state index is 0.0449. The molecule has 0 spiro atoms. The van der Waals surface area contributed by atoms with Gasteiger partial charge in [0.15, 0.2) is 0 Å². The monoisotopic (exact) mass is 216 g/mol. The number of carbonyl (C=O) groups excluding carboxylic acids is 1. The quantitative estimate of drug-likeness (QED) is 0.555. The molecule has 0 radical (unpaired) electrons. The summed E-state index contributed by atoms with van der Waals surface area (Å²) in [6.07, 6.45) is 4.60. The third-order valence-corrected chi connectivity index (χ3v) is 2.33. The SMILES string of the molecule is CCCCCCN(CCO)C(=O)CNC. The number of likely N-dealkylation sites (N-methyl/N-ethyl adjacent to an activating group) is 1. The van der Waals surface area contributed by atoms with Gasteiger partial charge in [0, 0.05) is 13.1 Å². The second-order valence-electron chi connectivity index (χ2n) is 3.70. The maximum atomic E-state index is 11.5. The molecule has 0 aliphatic rings. The van der Waals surface area contributed by atoms with Gasteiger partial charge in [0.1, 0.15) is 0 Å². The van der Waals surface area contributed by atoms with Gasteiger partial charge in [-0.2, -0.15) is 0 Å². The summed E-state index contributed by atoms with van der Waals surface area (Å²) < 4.78 is 0. The highest BCUT2D eigenvalue weighted by atomic mass is 16.3. The van der Waals surface area contributed by atoms with E-state index >= 15 is 0 Å². The van der Waals surface area contributed by atoms with Crippen molar-refractivity contribution < 1.29 is 9.90 Å². The van der Waals surface area contributed by atoms with Gasteiger partial charge in [0.25, 0.3) is 0 Å². The predicted octanol–water partition coefficient (Wildman–Crippen LogP) is 0.607. The van der Waals surface area contributed by atoms with E-state index in [1.165, 1.54) is 12.8 Å². The van der Waals surface area contributed by atoms with E-state index in [2.05, 4.69) is 12.2 Å². The number of nitrogens with zero attached hydrogens (tertiary/aromatic N) is 1. The van der Waals surface area contributed by atoms with Crippen molar-refractivity contribution in [3.05, 3.63) is 0 Å². The number of unbranched alkanes of at least 4 members (excludes halogenated alkanes) is 3. The summed E-state index contributed by atoms with van der Waals surface area (Å²) in [5, 5.41) is 11.7. The summed E-state index contributed by atoms with van der Waals surface area (Å²) in [6.45, 7) is 3.78. The van der Waals surface area contributed by atoms with Crippen LogP contribution in [0.5, 0.6) is 0 Å². The Balaban J connectivity index is 3.76. The average Bonchev–Trinajstić information content (AvgIpc) is 2.23. The molecule has 90 valence electrons. The van der Waals surface area contributed by atoms with Crippen LogP contribution in [-0.4, -0.2) is 49.2 Å². The van der Waals surface area contributed by atoms with E-state index in [9.17, 15) is 4.79 Å². The van der Waals surface area contributed by atoms with E-state index < -0.39 is 0 Å². The molecular weight excluding hydrogens is 192 g/mol. The molecule has 0 heterocycles. The highest BCUT2D eigenvalue weighted by Gasteiger charge is 2.10. The molecule has 4 nitrogen and oxygen atoms in total. The Kier molecular flexibility index (Phi) is 9.52. The van der Waals surface area contributed by atoms with Crippen molar-refractivity contribution in [3.8, 4) is 0 Å². The first kappa shape index (κ1) is 14.4. The summed E-state index contributed by atoms with van der Waals surface area (Å²) in [6, 6.07) is 0. The van der Waals surface area contributed by atoms with Gasteiger partial charge in [0.05, 0.1) is 13.2 Å². The minimum Gasteiger partial charge on any atom is -0.395 e. The number of carbonyl (C=O) groups is 1. The molecule has 1 amide bonds. The van der Waals surface area contributed by atoms with Gasteiger partial charge in [-0.15, -0.1) is 0 Å². The third kappa shape index (κ3) is 7.33. The Morgan fingerprint density at radius 3 is 2.53 bits per heavy atom. The number of hydrogen-bond acceptors (Lipinski definition) is 3. The first-order valence-corrected chi connectivity index (χ1v) is 5.79. The standard InChI is InChI=1S/C11H24N2O2/c1-3-4-5-6-7-13(8-9-14)11(15)10-12-2/h12,14H,3-10H2,1-2H3. The van der Waals surface area contributed by atoms with E-state index in [0.29, 0.717) is 13.1 Å². The summed E-state index contributed by atoms with van der Waals surface area (Å²) in [5.41, 5.74) is 0. The zero-order chi connectivity index (χ0) is 11.5. The highest BCUT2D eigenvalue weighted by molar-refractivity contribution is 5.78. The Morgan fingerprint density at radius 2 is 2.00 bits per heavy atom. The topological polar surface area (TPSA) is 52.6 Å². The largest absolute Gasteiger partial charge is 0.395 e. The number of aliphatic hydroxyl groups excluding tert-OH is 1. The van der Waals surface area contributed by atoms with Crippen LogP contribution < -0.4 is 5.32 Å². The summed E-state index contributed by atoms with van der Waals surface area (Å²) in [4.78, 5) is 13.3. The molecule has 2 N–H and O–H groups in total. The molecule has 0 fully saturated rings. The van der Waals surface area contributed by atoms with Gasteiger partial charge < -0.3 is 15.3 Å². The molecular formula is C11H24N2O2. The molecule has 0 unspecified atom stereocenters. The van der Waals surface area contributed by atoms with E-state index in [1.807, 2.05) is 0 Å². The molecule has 0 rings (SSSR count). The van der Waals surface area contributed by atoms with Crippen LogP contribution in [0.15, 0.2) is 0 Å². The number of hydrogen-bond donors (Lipinski definition) is 2. The molecule has 0 aliphatic carbocycles. The van der Waals surface area contributed by atoms with Gasteiger partial charge in [-0.05, 0) is 13.5 Å². The van der Waals surface area contributed by atoms with Gasteiger partial charge in [0.2, 0.25) is 5.91 Å². The van der Waals surface area contributed by atoms with Gasteiger partial charge in [-0.3, -0.25) is 4.79 Å². The van der Waals surface area contributed by atoms with Crippen LogP contribution in [0.3, 0.4) is 0 Å². The minimum absolute atomic E-state index is 0.0449. The Morgan fingerprint density at radius 1 is 1.27 bits per heavy atom. The Bertz CT molecular complexity index is 163. The molecule has 0 aromatic carbocycles. The molecule has 15 heavy (non-hydrogen) atoms. The van der Waals surface area contributed by atoms with Crippen LogP contribution in [0.4, 0.5) is 0 Å². The Hall–Kier alpha value is -0.610. The van der Waals surface area contributed by atoms with Crippen LogP contribution in [0.1, 0.15) is 32.6 Å². The van der Waals surface area contributed by atoms with E-state index in [-0.39, 0.29) is 12.5 Å². The zero-order valence-corrected chi connectivity index (χ0v) is 9.96. The first-order valence-electron chi connectivity index (χ1n) is 5.79. The average molecular weight is 216 g/mol. The normalized spacial score (nSPS) is 10.3. The lowest BCUT2D eigenvalue weighted by Gasteiger charge is -2.21. The lowest BCUT2D eigenvalue weighted by atomic mass is 10.2. The van der Waals surface area contributed by atoms with Gasteiger partial charge in [-0.1, -0.05) is 26.2 Å². The third-order valence-electron chi connectivity index (χ3n) is 2.33. The van der Waals surface area contributed by atoms with Crippen molar-refractivity contribution in [2.75, 3.05) is 33.3 Å². The van der Waals surface area contributed by atoms with Crippen LogP contribution in [0.25, 0.3) is 0 Å². The molecule has 0 aliphatic heterocycles. The van der Waals surface area contributed by atoms with Gasteiger partial charge in [-0.25, -0.2) is 0 Å². The molecule has 0 bridgehead atoms. The number of nitrogens with one attached hydrogen (secondary N) is 1. The van der Waals surface area contributed by atoms with E-state index in [4.69, 9.17) is 5.11 Å². The lowest BCUT2D eigenvalue weighted by molar-refractivity contribution is -0.130. The van der Waals surface area contributed by atoms with Crippen LogP contribution in [-0.2, 0) is 4.79 Å². The number of rotatable bonds is 9. The molecule has 0 saturated carbocycles. The maximum absolute atomic E-state index is 11.5. The predicted molar refractivity (Wildman–Crippen MR) is 61.7 cm³/mol. The van der Waals surface area contributed by atoms with Crippen LogP contribution in [0, 0.1) is 0 Å². The number of aliphatic hydroxyl groups is 1. The first-order chi connectivity index (χ1) is 7.26. The maximum Gasteiger partial charge on any atom is 0.236 e. The van der Waals surface area contributed by atoms with Crippen molar-refractivity contribution in [2.24, 2.45) is 0 Å². The molecule has 4 heteroatoms. The van der Waals surface area contributed by atoms with Crippen LogP contribution in [0.2, 0.25) is 0 Å². The summed E-state index contributed by atoms with van der Waals surface area (Å²) in [7, 11) is 1.76.